The first-order valence-electron chi connectivity index (χ1n) is 7.53. The molecule has 10 heteroatoms. The van der Waals surface area contributed by atoms with E-state index in [4.69, 9.17) is 16.0 Å². The van der Waals surface area contributed by atoms with Crippen LogP contribution in [0.3, 0.4) is 0 Å². The van der Waals surface area contributed by atoms with Crippen LogP contribution in [0.1, 0.15) is 5.56 Å². The van der Waals surface area contributed by atoms with Crippen molar-refractivity contribution in [2.24, 2.45) is 0 Å². The molecule has 2 aromatic carbocycles. The molecule has 0 bridgehead atoms. The highest BCUT2D eigenvalue weighted by Crippen LogP contribution is 2.31. The fraction of sp³-hybridized carbons (Fsp3) is 0.0588. The van der Waals surface area contributed by atoms with Crippen LogP contribution < -0.4 is 5.56 Å². The van der Waals surface area contributed by atoms with Gasteiger partial charge in [0, 0.05) is 0 Å². The molecule has 27 heavy (non-hydrogen) atoms. The van der Waals surface area contributed by atoms with Crippen molar-refractivity contribution >= 4 is 22.6 Å². The van der Waals surface area contributed by atoms with Gasteiger partial charge in [0.05, 0.1) is 27.2 Å². The lowest BCUT2D eigenvalue weighted by molar-refractivity contribution is -0.137. The van der Waals surface area contributed by atoms with Gasteiger partial charge in [0.2, 0.25) is 5.89 Å². The van der Waals surface area contributed by atoms with Crippen LogP contribution in [-0.4, -0.2) is 20.2 Å². The van der Waals surface area contributed by atoms with Crippen molar-refractivity contribution in [2.45, 2.75) is 6.18 Å². The average molecular weight is 393 g/mol. The molecule has 0 spiro atoms. The molecule has 0 saturated carbocycles. The van der Waals surface area contributed by atoms with Crippen molar-refractivity contribution in [3.63, 3.8) is 0 Å². The SMILES string of the molecule is O=c1[nH]c2ccc(C(F)(F)F)cc2nc1-c1nnc(-c2ccccc2Cl)o1. The van der Waals surface area contributed by atoms with Crippen molar-refractivity contribution in [3.8, 4) is 23.0 Å². The molecule has 0 aliphatic carbocycles. The van der Waals surface area contributed by atoms with Gasteiger partial charge in [0.25, 0.3) is 11.4 Å². The maximum absolute atomic E-state index is 12.9. The first-order valence-corrected chi connectivity index (χ1v) is 7.91. The normalized spacial score (nSPS) is 11.9. The Kier molecular flexibility index (Phi) is 3.96. The predicted octanol–water partition coefficient (Wildman–Crippen LogP) is 4.31. The molecule has 0 aliphatic rings. The summed E-state index contributed by atoms with van der Waals surface area (Å²) in [5.74, 6) is -0.175. The lowest BCUT2D eigenvalue weighted by Gasteiger charge is -2.07. The van der Waals surface area contributed by atoms with Crippen LogP contribution in [0.5, 0.6) is 0 Å². The number of rotatable bonds is 2. The van der Waals surface area contributed by atoms with Gasteiger partial charge in [-0.2, -0.15) is 13.2 Å². The molecule has 136 valence electrons. The van der Waals surface area contributed by atoms with Crippen LogP contribution >= 0.6 is 11.6 Å². The Morgan fingerprint density at radius 3 is 2.52 bits per heavy atom. The van der Waals surface area contributed by atoms with Crippen LogP contribution in [0.2, 0.25) is 5.02 Å². The Morgan fingerprint density at radius 2 is 1.78 bits per heavy atom. The van der Waals surface area contributed by atoms with Crippen LogP contribution in [0.15, 0.2) is 51.7 Å². The molecule has 0 fully saturated rings. The molecular formula is C17H8ClF3N4O2. The summed E-state index contributed by atoms with van der Waals surface area (Å²) < 4.78 is 44.1. The second-order valence-corrected chi connectivity index (χ2v) is 5.94. The molecular weight excluding hydrogens is 385 g/mol. The minimum absolute atomic E-state index is 0.0564. The van der Waals surface area contributed by atoms with Gasteiger partial charge in [-0.15, -0.1) is 10.2 Å². The number of H-pyrrole nitrogens is 1. The molecule has 4 aromatic rings. The third-order valence-corrected chi connectivity index (χ3v) is 4.08. The number of aromatic nitrogens is 4. The summed E-state index contributed by atoms with van der Waals surface area (Å²) in [6, 6.07) is 9.54. The van der Waals surface area contributed by atoms with Crippen molar-refractivity contribution in [1.29, 1.82) is 0 Å². The van der Waals surface area contributed by atoms with Gasteiger partial charge in [-0.1, -0.05) is 23.7 Å². The van der Waals surface area contributed by atoms with E-state index in [0.29, 0.717) is 10.6 Å². The second-order valence-electron chi connectivity index (χ2n) is 5.54. The Labute approximate surface area is 153 Å². The highest BCUT2D eigenvalue weighted by molar-refractivity contribution is 6.33. The fourth-order valence-electron chi connectivity index (χ4n) is 2.47. The topological polar surface area (TPSA) is 84.7 Å². The van der Waals surface area contributed by atoms with Crippen LogP contribution in [0.4, 0.5) is 13.2 Å². The van der Waals surface area contributed by atoms with E-state index in [-0.39, 0.29) is 28.5 Å². The second kappa shape index (κ2) is 6.20. The molecule has 0 saturated heterocycles. The largest absolute Gasteiger partial charge is 0.416 e. The zero-order valence-corrected chi connectivity index (χ0v) is 14.0. The fourth-order valence-corrected chi connectivity index (χ4v) is 2.68. The molecule has 0 radical (unpaired) electrons. The molecule has 0 atom stereocenters. The number of hydrogen-bond donors (Lipinski definition) is 1. The van der Waals surface area contributed by atoms with Gasteiger partial charge in [-0.3, -0.25) is 4.79 Å². The van der Waals surface area contributed by atoms with E-state index < -0.39 is 17.3 Å². The van der Waals surface area contributed by atoms with Crippen molar-refractivity contribution in [1.82, 2.24) is 20.2 Å². The van der Waals surface area contributed by atoms with Gasteiger partial charge in [-0.25, -0.2) is 4.98 Å². The smallest absolute Gasteiger partial charge is 0.414 e. The van der Waals surface area contributed by atoms with E-state index in [2.05, 4.69) is 20.2 Å². The average Bonchev–Trinajstić information content (AvgIpc) is 3.10. The summed E-state index contributed by atoms with van der Waals surface area (Å²) in [7, 11) is 0. The third-order valence-electron chi connectivity index (χ3n) is 3.75. The Bertz CT molecular complexity index is 1220. The van der Waals surface area contributed by atoms with E-state index in [9.17, 15) is 18.0 Å². The Hall–Kier alpha value is -3.20. The summed E-state index contributed by atoms with van der Waals surface area (Å²) in [6.45, 7) is 0. The van der Waals surface area contributed by atoms with Crippen molar-refractivity contribution in [3.05, 3.63) is 63.4 Å². The van der Waals surface area contributed by atoms with Crippen LogP contribution in [0, 0.1) is 0 Å². The molecule has 2 heterocycles. The Morgan fingerprint density at radius 1 is 1.04 bits per heavy atom. The number of benzene rings is 2. The predicted molar refractivity (Wildman–Crippen MR) is 91.1 cm³/mol. The zero-order valence-electron chi connectivity index (χ0n) is 13.2. The van der Waals surface area contributed by atoms with E-state index in [1.165, 1.54) is 0 Å². The van der Waals surface area contributed by atoms with Gasteiger partial charge in [0.1, 0.15) is 0 Å². The standard InChI is InChI=1S/C17H8ClF3N4O2/c18-10-4-2-1-3-9(10)15-24-25-16(27-15)13-14(26)23-11-6-5-8(17(19,20)21)7-12(11)22-13/h1-7H,(H,23,26). The lowest BCUT2D eigenvalue weighted by Crippen LogP contribution is -2.12. The molecule has 0 amide bonds. The molecule has 0 aliphatic heterocycles. The first-order chi connectivity index (χ1) is 12.8. The zero-order chi connectivity index (χ0) is 19.2. The van der Waals surface area contributed by atoms with Crippen molar-refractivity contribution in [2.75, 3.05) is 0 Å². The number of hydrogen-bond acceptors (Lipinski definition) is 5. The van der Waals surface area contributed by atoms with Gasteiger partial charge >= 0.3 is 6.18 Å². The van der Waals surface area contributed by atoms with Crippen LogP contribution in [0.25, 0.3) is 34.1 Å². The molecule has 6 nitrogen and oxygen atoms in total. The summed E-state index contributed by atoms with van der Waals surface area (Å²) in [4.78, 5) is 18.7. The Balaban J connectivity index is 1.83. The summed E-state index contributed by atoms with van der Waals surface area (Å²) in [5.41, 5.74) is -1.29. The highest BCUT2D eigenvalue weighted by atomic mass is 35.5. The highest BCUT2D eigenvalue weighted by Gasteiger charge is 2.31. The number of fused-ring (bicyclic) bond motifs is 1. The number of halogens is 4. The monoisotopic (exact) mass is 392 g/mol. The van der Waals surface area contributed by atoms with Gasteiger partial charge < -0.3 is 9.40 Å². The van der Waals surface area contributed by atoms with E-state index in [1.54, 1.807) is 24.3 Å². The molecule has 1 N–H and O–H groups in total. The quantitative estimate of drug-likeness (QED) is 0.549. The van der Waals surface area contributed by atoms with Crippen molar-refractivity contribution < 1.29 is 17.6 Å². The maximum atomic E-state index is 12.9. The molecule has 0 unspecified atom stereocenters. The lowest BCUT2D eigenvalue weighted by atomic mass is 10.2. The number of nitrogens with zero attached hydrogens (tertiary/aromatic N) is 3. The molecule has 2 aromatic heterocycles. The van der Waals surface area contributed by atoms with E-state index in [0.717, 1.165) is 18.2 Å². The van der Waals surface area contributed by atoms with Crippen LogP contribution in [-0.2, 0) is 6.18 Å². The first kappa shape index (κ1) is 17.2. The minimum Gasteiger partial charge on any atom is -0.414 e. The maximum Gasteiger partial charge on any atom is 0.416 e. The third kappa shape index (κ3) is 3.17. The minimum atomic E-state index is -4.53. The summed E-state index contributed by atoms with van der Waals surface area (Å²) in [5, 5.41) is 7.95. The van der Waals surface area contributed by atoms with Gasteiger partial charge in [-0.05, 0) is 30.3 Å². The van der Waals surface area contributed by atoms with E-state index in [1.807, 2.05) is 0 Å². The van der Waals surface area contributed by atoms with Gasteiger partial charge in [0.15, 0.2) is 5.69 Å². The van der Waals surface area contributed by atoms with E-state index >= 15 is 0 Å². The molecule has 4 rings (SSSR count). The summed E-state index contributed by atoms with van der Waals surface area (Å²) >= 11 is 6.07. The summed E-state index contributed by atoms with van der Waals surface area (Å²) in [6.07, 6.45) is -4.53. The number of nitrogens with one attached hydrogen (secondary N) is 1. The number of alkyl halides is 3. The number of aromatic amines is 1.